The van der Waals surface area contributed by atoms with Crippen LogP contribution in [0.3, 0.4) is 0 Å². The topological polar surface area (TPSA) is 141 Å². The predicted octanol–water partition coefficient (Wildman–Crippen LogP) is 2.08. The minimum atomic E-state index is -1.72. The van der Waals surface area contributed by atoms with Crippen LogP contribution in [0.25, 0.3) is 11.1 Å². The number of carbonyl (C=O) groups is 2. The molecule has 10 nitrogen and oxygen atoms in total. The Hall–Kier alpha value is -3.18. The Kier molecular flexibility index (Phi) is 7.08. The quantitative estimate of drug-likeness (QED) is 0.292. The average Bonchev–Trinajstić information content (AvgIpc) is 3.16. The van der Waals surface area contributed by atoms with Crippen LogP contribution >= 0.6 is 23.2 Å². The summed E-state index contributed by atoms with van der Waals surface area (Å²) in [5.41, 5.74) is 4.76. The lowest BCUT2D eigenvalue weighted by Crippen LogP contribution is -2.47. The van der Waals surface area contributed by atoms with E-state index in [1.807, 2.05) is 12.1 Å². The van der Waals surface area contributed by atoms with Crippen LogP contribution in [0.5, 0.6) is 0 Å². The molecule has 0 aliphatic carbocycles. The maximum Gasteiger partial charge on any atom is 0.333 e. The second-order valence-corrected chi connectivity index (χ2v) is 7.36. The maximum absolute atomic E-state index is 12.7. The van der Waals surface area contributed by atoms with E-state index < -0.39 is 24.5 Å². The van der Waals surface area contributed by atoms with E-state index in [9.17, 15) is 19.9 Å². The van der Waals surface area contributed by atoms with Crippen LogP contribution in [0, 0.1) is 0 Å². The molecule has 0 bridgehead atoms. The Morgan fingerprint density at radius 2 is 1.74 bits per heavy atom. The molecule has 0 unspecified atom stereocenters. The summed E-state index contributed by atoms with van der Waals surface area (Å²) in [5.74, 6) is -2.12. The maximum atomic E-state index is 12.7. The largest absolute Gasteiger partial charge is 0.479 e. The Labute approximate surface area is 186 Å². The van der Waals surface area contributed by atoms with Gasteiger partial charge in [-0.05, 0) is 40.1 Å². The summed E-state index contributed by atoms with van der Waals surface area (Å²) >= 11 is 12.1. The monoisotopic (exact) mass is 465 g/mol. The van der Waals surface area contributed by atoms with Crippen LogP contribution in [0.1, 0.15) is 16.1 Å². The third kappa shape index (κ3) is 5.92. The number of benzene rings is 2. The molecule has 0 aliphatic heterocycles. The van der Waals surface area contributed by atoms with Crippen molar-refractivity contribution in [3.8, 4) is 11.1 Å². The van der Waals surface area contributed by atoms with Gasteiger partial charge in [0, 0.05) is 10.0 Å². The minimum absolute atomic E-state index is 0.0139. The lowest BCUT2D eigenvalue weighted by atomic mass is 10.0. The number of aromatic nitrogens is 3. The zero-order valence-corrected chi connectivity index (χ0v) is 17.3. The molecule has 0 saturated heterocycles. The fraction of sp³-hybridized carbons (Fsp3) is 0.158. The van der Waals surface area contributed by atoms with Gasteiger partial charge in [-0.3, -0.25) is 9.80 Å². The zero-order valence-electron chi connectivity index (χ0n) is 15.8. The number of carbonyl (C=O) groups excluding carboxylic acids is 1. The summed E-state index contributed by atoms with van der Waals surface area (Å²) in [6, 6.07) is 12.3. The summed E-state index contributed by atoms with van der Waals surface area (Å²) in [6.45, 7) is -0.409. The fourth-order valence-corrected chi connectivity index (χ4v) is 3.21. The number of nitrogens with one attached hydrogen (secondary N) is 1. The van der Waals surface area contributed by atoms with Gasteiger partial charge in [0.2, 0.25) is 0 Å². The van der Waals surface area contributed by atoms with Gasteiger partial charge >= 0.3 is 5.97 Å². The summed E-state index contributed by atoms with van der Waals surface area (Å²) in [7, 11) is 0. The molecule has 0 saturated carbocycles. The number of rotatable bonds is 8. The first-order valence-corrected chi connectivity index (χ1v) is 9.62. The van der Waals surface area contributed by atoms with E-state index in [2.05, 4.69) is 15.7 Å². The fourth-order valence-electron chi connectivity index (χ4n) is 2.68. The Bertz CT molecular complexity index is 1070. The predicted molar refractivity (Wildman–Crippen MR) is 111 cm³/mol. The number of hydrogen-bond donors (Lipinski definition) is 4. The highest BCUT2D eigenvalue weighted by atomic mass is 35.5. The molecule has 162 valence electrons. The van der Waals surface area contributed by atoms with Gasteiger partial charge in [0.05, 0.1) is 19.3 Å². The molecule has 3 aromatic rings. The van der Waals surface area contributed by atoms with Gasteiger partial charge in [0.25, 0.3) is 5.91 Å². The first-order valence-electron chi connectivity index (χ1n) is 8.86. The second-order valence-electron chi connectivity index (χ2n) is 6.49. The van der Waals surface area contributed by atoms with Crippen LogP contribution in [0.2, 0.25) is 10.0 Å². The van der Waals surface area contributed by atoms with Crippen molar-refractivity contribution in [2.45, 2.75) is 12.6 Å². The lowest BCUT2D eigenvalue weighted by molar-refractivity contribution is -0.146. The van der Waals surface area contributed by atoms with E-state index in [1.54, 1.807) is 30.3 Å². The average molecular weight is 466 g/mol. The molecule has 31 heavy (non-hydrogen) atoms. The van der Waals surface area contributed by atoms with Crippen LogP contribution in [-0.4, -0.2) is 60.1 Å². The number of carboxylic acids is 1. The molecule has 0 spiro atoms. The molecule has 1 aromatic heterocycles. The van der Waals surface area contributed by atoms with Crippen LogP contribution in [0.15, 0.2) is 48.7 Å². The lowest BCUT2D eigenvalue weighted by Gasteiger charge is -2.23. The molecule has 0 fully saturated rings. The van der Waals surface area contributed by atoms with Crippen molar-refractivity contribution in [1.82, 2.24) is 25.6 Å². The van der Waals surface area contributed by atoms with Crippen molar-refractivity contribution in [3.05, 3.63) is 70.0 Å². The van der Waals surface area contributed by atoms with Crippen molar-refractivity contribution in [2.24, 2.45) is 0 Å². The van der Waals surface area contributed by atoms with E-state index in [0.717, 1.165) is 22.3 Å². The van der Waals surface area contributed by atoms with E-state index in [0.29, 0.717) is 20.5 Å². The van der Waals surface area contributed by atoms with Gasteiger partial charge in [0.1, 0.15) is 0 Å². The van der Waals surface area contributed by atoms with Gasteiger partial charge in [-0.15, -0.1) is 5.10 Å². The number of hydrogen-bond acceptors (Lipinski definition) is 7. The summed E-state index contributed by atoms with van der Waals surface area (Å²) in [6.07, 6.45) is -0.727. The van der Waals surface area contributed by atoms with Gasteiger partial charge in [-0.25, -0.2) is 10.2 Å². The number of hydrazine groups is 1. The van der Waals surface area contributed by atoms with Gasteiger partial charge < -0.3 is 15.4 Å². The van der Waals surface area contributed by atoms with E-state index in [1.165, 1.54) is 0 Å². The summed E-state index contributed by atoms with van der Waals surface area (Å²) in [4.78, 5) is 23.9. The normalized spacial score (nSPS) is 11.8. The number of halogens is 2. The molecule has 0 radical (unpaired) electrons. The third-order valence-electron chi connectivity index (χ3n) is 4.20. The first kappa shape index (κ1) is 22.5. The van der Waals surface area contributed by atoms with Gasteiger partial charge in [0.15, 0.2) is 11.8 Å². The Morgan fingerprint density at radius 1 is 1.10 bits per heavy atom. The smallest absolute Gasteiger partial charge is 0.333 e. The summed E-state index contributed by atoms with van der Waals surface area (Å²) in [5, 5.41) is 36.5. The molecule has 12 heteroatoms. The molecule has 0 aliphatic rings. The molecular formula is C19H17Cl2N5O5. The molecule has 1 heterocycles. The van der Waals surface area contributed by atoms with Crippen molar-refractivity contribution >= 4 is 35.1 Å². The number of nitrogens with zero attached hydrogens (tertiary/aromatic N) is 4. The van der Waals surface area contributed by atoms with Crippen molar-refractivity contribution in [3.63, 3.8) is 0 Å². The number of aliphatic hydroxyl groups excluding tert-OH is 1. The van der Waals surface area contributed by atoms with Crippen LogP contribution < -0.4 is 5.43 Å². The number of amides is 1. The Balaban J connectivity index is 1.79. The van der Waals surface area contributed by atoms with E-state index in [-0.39, 0.29) is 12.2 Å². The Morgan fingerprint density at radius 3 is 2.29 bits per heavy atom. The molecule has 2 aromatic carbocycles. The number of aliphatic carboxylic acids is 1. The number of carboxylic acid groups (broad SMARTS) is 1. The molecule has 3 rings (SSSR count). The third-order valence-corrected chi connectivity index (χ3v) is 4.63. The van der Waals surface area contributed by atoms with Gasteiger partial charge in [-0.2, -0.15) is 0 Å². The number of aliphatic hydroxyl groups is 1. The molecular weight excluding hydrogens is 449 g/mol. The minimum Gasteiger partial charge on any atom is -0.479 e. The zero-order chi connectivity index (χ0) is 22.5. The summed E-state index contributed by atoms with van der Waals surface area (Å²) < 4.78 is 0. The van der Waals surface area contributed by atoms with Crippen molar-refractivity contribution in [2.75, 3.05) is 6.54 Å². The molecule has 4 N–H and O–H groups in total. The van der Waals surface area contributed by atoms with E-state index >= 15 is 0 Å². The standard InChI is InChI=1S/C19H17Cl2N5O5/c20-14-5-13(6-15(21)7-14)12-3-1-11(2-4-12)9-25(22-8-17(27)19(29)30)18(28)16-10-26(31)24-23-16/h1-7,10,17,22,27,31H,8-9H2,(H,29,30)/t17-/m1/s1. The van der Waals surface area contributed by atoms with Crippen LogP contribution in [0.4, 0.5) is 0 Å². The van der Waals surface area contributed by atoms with E-state index in [4.69, 9.17) is 28.3 Å². The van der Waals surface area contributed by atoms with Crippen LogP contribution in [-0.2, 0) is 11.3 Å². The highest BCUT2D eigenvalue weighted by Gasteiger charge is 2.22. The van der Waals surface area contributed by atoms with Gasteiger partial charge in [-0.1, -0.05) is 52.3 Å². The van der Waals surface area contributed by atoms with Crippen molar-refractivity contribution < 1.29 is 25.0 Å². The highest BCUT2D eigenvalue weighted by Crippen LogP contribution is 2.27. The van der Waals surface area contributed by atoms with Crippen molar-refractivity contribution in [1.29, 1.82) is 0 Å². The molecule has 1 atom stereocenters. The SMILES string of the molecule is O=C(O)[C@H](O)CNN(Cc1ccc(-c2cc(Cl)cc(Cl)c2)cc1)C(=O)c1cn(O)nn1. The highest BCUT2D eigenvalue weighted by molar-refractivity contribution is 6.35. The first-order chi connectivity index (χ1) is 14.7. The molecule has 1 amide bonds. The second kappa shape index (κ2) is 9.75.